The lowest BCUT2D eigenvalue weighted by Crippen LogP contribution is -2.36. The van der Waals surface area contributed by atoms with Gasteiger partial charge in [0.05, 0.1) is 0 Å². The van der Waals surface area contributed by atoms with Crippen LogP contribution in [0.1, 0.15) is 0 Å². The molecule has 0 aliphatic heterocycles. The zero-order valence-corrected chi connectivity index (χ0v) is 6.16. The molecule has 0 radical (unpaired) electrons. The largest absolute Gasteiger partial charge is 0.282 e. The minimum absolute atomic E-state index is 0.757. The zero-order valence-electron chi connectivity index (χ0n) is 5.41. The second-order valence-corrected chi connectivity index (χ2v) is 2.73. The smallest absolute Gasteiger partial charge is 0.264 e. The third-order valence-electron chi connectivity index (χ3n) is 1.34. The van der Waals surface area contributed by atoms with E-state index in [0.717, 1.165) is 12.2 Å². The Hall–Kier alpha value is -0.900. The predicted molar refractivity (Wildman–Crippen MR) is 38.8 cm³/mol. The van der Waals surface area contributed by atoms with Crippen LogP contribution in [0.25, 0.3) is 0 Å². The van der Waals surface area contributed by atoms with Gasteiger partial charge in [-0.3, -0.25) is 10.1 Å². The summed E-state index contributed by atoms with van der Waals surface area (Å²) in [6.07, 6.45) is 4.82. The van der Waals surface area contributed by atoms with Crippen LogP contribution in [0.4, 0.5) is 4.39 Å². The Morgan fingerprint density at radius 1 is 1.64 bits per heavy atom. The lowest BCUT2D eigenvalue weighted by atomic mass is 10.1. The second kappa shape index (κ2) is 2.62. The molecule has 0 saturated carbocycles. The highest BCUT2D eigenvalue weighted by atomic mass is 35.5. The van der Waals surface area contributed by atoms with E-state index in [0.29, 0.717) is 0 Å². The molecule has 11 heavy (non-hydrogen) atoms. The van der Waals surface area contributed by atoms with E-state index in [2.05, 4.69) is 0 Å². The van der Waals surface area contributed by atoms with E-state index >= 15 is 0 Å². The Morgan fingerprint density at radius 2 is 2.27 bits per heavy atom. The van der Waals surface area contributed by atoms with E-state index < -0.39 is 16.1 Å². The Labute approximate surface area is 67.3 Å². The van der Waals surface area contributed by atoms with Crippen LogP contribution in [0, 0.1) is 10.1 Å². The van der Waals surface area contributed by atoms with Crippen molar-refractivity contribution in [2.45, 2.75) is 11.2 Å². The molecule has 3 nitrogen and oxygen atoms in total. The molecule has 0 aromatic heterocycles. The Balaban J connectivity index is 2.89. The molecule has 0 heterocycles. The molecule has 2 atom stereocenters. The maximum Gasteiger partial charge on any atom is 0.282 e. The number of alkyl halides is 2. The minimum Gasteiger partial charge on any atom is -0.264 e. The van der Waals surface area contributed by atoms with Gasteiger partial charge in [0.2, 0.25) is 0 Å². The first-order valence-electron chi connectivity index (χ1n) is 2.91. The van der Waals surface area contributed by atoms with Crippen LogP contribution in [0.3, 0.4) is 0 Å². The number of nitro groups is 1. The van der Waals surface area contributed by atoms with E-state index in [1.807, 2.05) is 0 Å². The first kappa shape index (κ1) is 8.20. The highest BCUT2D eigenvalue weighted by molar-refractivity contribution is 6.24. The molecule has 2 unspecified atom stereocenters. The van der Waals surface area contributed by atoms with Crippen LogP contribution in [0.5, 0.6) is 0 Å². The molecule has 0 N–H and O–H groups in total. The highest BCUT2D eigenvalue weighted by Crippen LogP contribution is 2.29. The normalized spacial score (nSPS) is 35.6. The van der Waals surface area contributed by atoms with Gasteiger partial charge >= 0.3 is 0 Å². The van der Waals surface area contributed by atoms with E-state index in [9.17, 15) is 14.5 Å². The number of halogens is 2. The van der Waals surface area contributed by atoms with Gasteiger partial charge in [0.25, 0.3) is 11.2 Å². The molecule has 5 heteroatoms. The SMILES string of the molecule is O=[N+]([O-])C1C=CC=CC1(F)Cl. The van der Waals surface area contributed by atoms with Gasteiger partial charge in [-0.1, -0.05) is 23.8 Å². The van der Waals surface area contributed by atoms with Gasteiger partial charge in [0.1, 0.15) is 0 Å². The Bertz CT molecular complexity index is 237. The third kappa shape index (κ3) is 1.57. The van der Waals surface area contributed by atoms with Gasteiger partial charge < -0.3 is 0 Å². The molecule has 1 aliphatic rings. The lowest BCUT2D eigenvalue weighted by Gasteiger charge is -2.17. The van der Waals surface area contributed by atoms with Crippen molar-refractivity contribution >= 4 is 11.6 Å². The van der Waals surface area contributed by atoms with E-state index in [1.165, 1.54) is 12.2 Å². The number of hydrogen-bond acceptors (Lipinski definition) is 2. The van der Waals surface area contributed by atoms with Crippen LogP contribution in [-0.4, -0.2) is 16.1 Å². The molecular formula is C6H5ClFNO2. The van der Waals surface area contributed by atoms with Crippen molar-refractivity contribution in [3.05, 3.63) is 34.4 Å². The number of hydrogen-bond donors (Lipinski definition) is 0. The maximum atomic E-state index is 13.0. The highest BCUT2D eigenvalue weighted by Gasteiger charge is 2.43. The summed E-state index contributed by atoms with van der Waals surface area (Å²) < 4.78 is 13.0. The standard InChI is InChI=1S/C6H5ClFNO2/c7-6(8)4-2-1-3-5(6)9(10)11/h1-5H. The fraction of sp³-hybridized carbons (Fsp3) is 0.333. The molecule has 0 amide bonds. The van der Waals surface area contributed by atoms with Crippen molar-refractivity contribution in [2.24, 2.45) is 0 Å². The van der Waals surface area contributed by atoms with Crippen LogP contribution < -0.4 is 0 Å². The molecular weight excluding hydrogens is 173 g/mol. The topological polar surface area (TPSA) is 43.1 Å². The number of rotatable bonds is 1. The minimum atomic E-state index is -2.38. The van der Waals surface area contributed by atoms with Gasteiger partial charge in [0.15, 0.2) is 0 Å². The van der Waals surface area contributed by atoms with Crippen LogP contribution in [-0.2, 0) is 0 Å². The van der Waals surface area contributed by atoms with Gasteiger partial charge in [-0.2, -0.15) is 0 Å². The summed E-state index contributed by atoms with van der Waals surface area (Å²) in [5, 5.41) is 7.79. The first-order valence-corrected chi connectivity index (χ1v) is 3.29. The molecule has 0 aromatic rings. The van der Waals surface area contributed by atoms with E-state index in [1.54, 1.807) is 0 Å². The average molecular weight is 178 g/mol. The van der Waals surface area contributed by atoms with Crippen LogP contribution in [0.15, 0.2) is 24.3 Å². The molecule has 0 bridgehead atoms. The van der Waals surface area contributed by atoms with Gasteiger partial charge in [-0.15, -0.1) is 0 Å². The second-order valence-electron chi connectivity index (χ2n) is 2.15. The van der Waals surface area contributed by atoms with E-state index in [-0.39, 0.29) is 0 Å². The summed E-state index contributed by atoms with van der Waals surface area (Å²) in [4.78, 5) is 9.41. The fourth-order valence-corrected chi connectivity index (χ4v) is 1.02. The molecule has 0 spiro atoms. The molecule has 0 saturated heterocycles. The number of allylic oxidation sites excluding steroid dienone is 2. The average Bonchev–Trinajstić information content (AvgIpc) is 1.85. The number of nitrogens with zero attached hydrogens (tertiary/aromatic N) is 1. The molecule has 0 fully saturated rings. The monoisotopic (exact) mass is 177 g/mol. The summed E-state index contributed by atoms with van der Waals surface area (Å²) in [5.41, 5.74) is 0. The maximum absolute atomic E-state index is 13.0. The zero-order chi connectivity index (χ0) is 8.48. The Kier molecular flexibility index (Phi) is 1.95. The van der Waals surface area contributed by atoms with Gasteiger partial charge in [0, 0.05) is 4.92 Å². The van der Waals surface area contributed by atoms with E-state index in [4.69, 9.17) is 11.6 Å². The molecule has 0 aromatic carbocycles. The third-order valence-corrected chi connectivity index (χ3v) is 1.69. The lowest BCUT2D eigenvalue weighted by molar-refractivity contribution is -0.519. The molecule has 1 aliphatic carbocycles. The fourth-order valence-electron chi connectivity index (χ4n) is 0.791. The quantitative estimate of drug-likeness (QED) is 0.347. The predicted octanol–water partition coefficient (Wildman–Crippen LogP) is 1.66. The van der Waals surface area contributed by atoms with Crippen molar-refractivity contribution < 1.29 is 9.31 Å². The first-order chi connectivity index (χ1) is 5.04. The molecule has 60 valence electrons. The van der Waals surface area contributed by atoms with Gasteiger partial charge in [-0.25, -0.2) is 4.39 Å². The van der Waals surface area contributed by atoms with Crippen molar-refractivity contribution in [3.63, 3.8) is 0 Å². The molecule has 1 rings (SSSR count). The Morgan fingerprint density at radius 3 is 2.64 bits per heavy atom. The summed E-state index contributed by atoms with van der Waals surface area (Å²) in [6.45, 7) is 0. The summed E-state index contributed by atoms with van der Waals surface area (Å²) >= 11 is 5.19. The summed E-state index contributed by atoms with van der Waals surface area (Å²) in [7, 11) is 0. The van der Waals surface area contributed by atoms with Crippen molar-refractivity contribution in [3.8, 4) is 0 Å². The van der Waals surface area contributed by atoms with Crippen molar-refractivity contribution in [1.29, 1.82) is 0 Å². The summed E-state index contributed by atoms with van der Waals surface area (Å²) in [5.74, 6) is 0. The summed E-state index contributed by atoms with van der Waals surface area (Å²) in [6, 6.07) is -1.48. The van der Waals surface area contributed by atoms with Gasteiger partial charge in [-0.05, 0) is 12.2 Å². The van der Waals surface area contributed by atoms with Crippen LogP contribution >= 0.6 is 11.6 Å². The van der Waals surface area contributed by atoms with Crippen molar-refractivity contribution in [1.82, 2.24) is 0 Å². The van der Waals surface area contributed by atoms with Crippen LogP contribution in [0.2, 0.25) is 0 Å². The van der Waals surface area contributed by atoms with Crippen molar-refractivity contribution in [2.75, 3.05) is 0 Å².